The fourth-order valence-corrected chi connectivity index (χ4v) is 2.22. The Morgan fingerprint density at radius 1 is 1.56 bits per heavy atom. The van der Waals surface area contributed by atoms with Crippen molar-refractivity contribution in [3.05, 3.63) is 24.2 Å². The molecule has 1 aliphatic rings. The topological polar surface area (TPSA) is 88.6 Å². The molecule has 1 aromatic heterocycles. The van der Waals surface area contributed by atoms with Gasteiger partial charge in [0.25, 0.3) is 0 Å². The third-order valence-corrected chi connectivity index (χ3v) is 3.04. The summed E-state index contributed by atoms with van der Waals surface area (Å²) in [6, 6.07) is 3.32. The molecule has 3 N–H and O–H groups in total. The minimum Gasteiger partial charge on any atom is -0.467 e. The molecule has 6 nitrogen and oxygen atoms in total. The molecule has 0 bridgehead atoms. The lowest BCUT2D eigenvalue weighted by Crippen LogP contribution is -2.45. The number of furan rings is 1. The average Bonchev–Trinajstić information content (AvgIpc) is 2.95. The first-order valence-electron chi connectivity index (χ1n) is 5.99. The Balaban J connectivity index is 1.85. The van der Waals surface area contributed by atoms with Crippen LogP contribution in [-0.4, -0.2) is 35.8 Å². The molecule has 1 atom stereocenters. The summed E-state index contributed by atoms with van der Waals surface area (Å²) in [7, 11) is 0. The van der Waals surface area contributed by atoms with Crippen LogP contribution in [0.1, 0.15) is 18.6 Å². The maximum atomic E-state index is 12.0. The average molecular weight is 251 g/mol. The summed E-state index contributed by atoms with van der Waals surface area (Å²) in [6.45, 7) is 1.24. The standard InChI is InChI=1S/C12H17N3O3/c13-11(16)8-15-5-1-4-10(15)12(17)14-7-9-3-2-6-18-9/h2-3,6,10H,1,4-5,7-8H2,(H2,13,16)(H,14,17). The Bertz CT molecular complexity index is 416. The number of amides is 2. The van der Waals surface area contributed by atoms with E-state index in [1.807, 2.05) is 4.90 Å². The van der Waals surface area contributed by atoms with Gasteiger partial charge in [0.2, 0.25) is 11.8 Å². The molecule has 1 fully saturated rings. The number of hydrogen-bond donors (Lipinski definition) is 2. The van der Waals surface area contributed by atoms with Gasteiger partial charge in [0.15, 0.2) is 0 Å². The van der Waals surface area contributed by atoms with E-state index in [-0.39, 0.29) is 18.5 Å². The number of rotatable bonds is 5. The van der Waals surface area contributed by atoms with Gasteiger partial charge in [-0.25, -0.2) is 0 Å². The maximum absolute atomic E-state index is 12.0. The number of carbonyl (C=O) groups is 2. The van der Waals surface area contributed by atoms with Gasteiger partial charge >= 0.3 is 0 Å². The van der Waals surface area contributed by atoms with E-state index in [1.165, 1.54) is 0 Å². The number of likely N-dealkylation sites (tertiary alicyclic amines) is 1. The van der Waals surface area contributed by atoms with E-state index in [4.69, 9.17) is 10.2 Å². The van der Waals surface area contributed by atoms with Crippen LogP contribution in [0.5, 0.6) is 0 Å². The van der Waals surface area contributed by atoms with E-state index in [2.05, 4.69) is 5.32 Å². The van der Waals surface area contributed by atoms with Gasteiger partial charge in [-0.2, -0.15) is 0 Å². The normalized spacial score (nSPS) is 19.9. The van der Waals surface area contributed by atoms with E-state index >= 15 is 0 Å². The van der Waals surface area contributed by atoms with Crippen LogP contribution in [0.15, 0.2) is 22.8 Å². The molecular weight excluding hydrogens is 234 g/mol. The third kappa shape index (κ3) is 3.10. The predicted molar refractivity (Wildman–Crippen MR) is 64.3 cm³/mol. The number of nitrogens with zero attached hydrogens (tertiary/aromatic N) is 1. The number of nitrogens with one attached hydrogen (secondary N) is 1. The monoisotopic (exact) mass is 251 g/mol. The molecule has 2 heterocycles. The summed E-state index contributed by atoms with van der Waals surface area (Å²) in [5, 5.41) is 2.80. The number of carbonyl (C=O) groups excluding carboxylic acids is 2. The number of hydrogen-bond acceptors (Lipinski definition) is 4. The molecule has 1 aliphatic heterocycles. The van der Waals surface area contributed by atoms with Crippen molar-refractivity contribution in [3.8, 4) is 0 Å². The molecule has 0 spiro atoms. The zero-order valence-corrected chi connectivity index (χ0v) is 10.1. The quantitative estimate of drug-likeness (QED) is 0.761. The smallest absolute Gasteiger partial charge is 0.237 e. The maximum Gasteiger partial charge on any atom is 0.237 e. The first-order valence-corrected chi connectivity index (χ1v) is 5.99. The van der Waals surface area contributed by atoms with E-state index in [1.54, 1.807) is 18.4 Å². The van der Waals surface area contributed by atoms with Crippen molar-refractivity contribution in [1.29, 1.82) is 0 Å². The van der Waals surface area contributed by atoms with Crippen molar-refractivity contribution in [2.75, 3.05) is 13.1 Å². The van der Waals surface area contributed by atoms with Crippen LogP contribution in [0.2, 0.25) is 0 Å². The minimum atomic E-state index is -0.402. The Hall–Kier alpha value is -1.82. The van der Waals surface area contributed by atoms with Crippen molar-refractivity contribution >= 4 is 11.8 Å². The first-order chi connectivity index (χ1) is 8.66. The van der Waals surface area contributed by atoms with Crippen LogP contribution in [0.25, 0.3) is 0 Å². The van der Waals surface area contributed by atoms with Crippen LogP contribution < -0.4 is 11.1 Å². The molecule has 0 saturated carbocycles. The highest BCUT2D eigenvalue weighted by atomic mass is 16.3. The lowest BCUT2D eigenvalue weighted by Gasteiger charge is -2.21. The second-order valence-electron chi connectivity index (χ2n) is 4.39. The number of nitrogens with two attached hydrogens (primary N) is 1. The van der Waals surface area contributed by atoms with Gasteiger partial charge in [0, 0.05) is 0 Å². The van der Waals surface area contributed by atoms with Crippen molar-refractivity contribution in [2.45, 2.75) is 25.4 Å². The summed E-state index contributed by atoms with van der Waals surface area (Å²) in [5.74, 6) is 0.230. The third-order valence-electron chi connectivity index (χ3n) is 3.04. The summed E-state index contributed by atoms with van der Waals surface area (Å²) >= 11 is 0. The lowest BCUT2D eigenvalue weighted by molar-refractivity contribution is -0.127. The van der Waals surface area contributed by atoms with Crippen molar-refractivity contribution in [1.82, 2.24) is 10.2 Å². The van der Waals surface area contributed by atoms with Gasteiger partial charge in [-0.05, 0) is 31.5 Å². The molecule has 1 aromatic rings. The van der Waals surface area contributed by atoms with E-state index in [0.29, 0.717) is 12.3 Å². The Morgan fingerprint density at radius 3 is 3.06 bits per heavy atom. The highest BCUT2D eigenvalue weighted by Crippen LogP contribution is 2.16. The summed E-state index contributed by atoms with van der Waals surface area (Å²) in [4.78, 5) is 24.7. The van der Waals surface area contributed by atoms with Gasteiger partial charge in [-0.15, -0.1) is 0 Å². The van der Waals surface area contributed by atoms with Crippen LogP contribution in [-0.2, 0) is 16.1 Å². The SMILES string of the molecule is NC(=O)CN1CCCC1C(=O)NCc1ccco1. The van der Waals surface area contributed by atoms with Gasteiger partial charge in [0.1, 0.15) is 5.76 Å². The minimum absolute atomic E-state index is 0.0786. The molecule has 2 amide bonds. The van der Waals surface area contributed by atoms with Crippen LogP contribution in [0.4, 0.5) is 0 Å². The number of primary amides is 1. The molecule has 1 saturated heterocycles. The fraction of sp³-hybridized carbons (Fsp3) is 0.500. The van der Waals surface area contributed by atoms with Gasteiger partial charge in [0.05, 0.1) is 25.4 Å². The Labute approximate surface area is 105 Å². The van der Waals surface area contributed by atoms with Crippen molar-refractivity contribution in [2.24, 2.45) is 5.73 Å². The Kier molecular flexibility index (Phi) is 3.99. The molecule has 6 heteroatoms. The Morgan fingerprint density at radius 2 is 2.39 bits per heavy atom. The molecule has 0 aromatic carbocycles. The zero-order valence-electron chi connectivity index (χ0n) is 10.1. The molecule has 98 valence electrons. The molecule has 2 rings (SSSR count). The first kappa shape index (κ1) is 12.6. The van der Waals surface area contributed by atoms with E-state index in [0.717, 1.165) is 19.4 Å². The molecule has 0 radical (unpaired) electrons. The summed E-state index contributed by atoms with van der Waals surface area (Å²) < 4.78 is 5.14. The molecule has 1 unspecified atom stereocenters. The van der Waals surface area contributed by atoms with Crippen molar-refractivity contribution in [3.63, 3.8) is 0 Å². The van der Waals surface area contributed by atoms with Gasteiger partial charge in [-0.3, -0.25) is 14.5 Å². The van der Waals surface area contributed by atoms with Gasteiger partial charge in [-0.1, -0.05) is 0 Å². The zero-order chi connectivity index (χ0) is 13.0. The van der Waals surface area contributed by atoms with Crippen LogP contribution in [0, 0.1) is 0 Å². The highest BCUT2D eigenvalue weighted by Gasteiger charge is 2.31. The fourth-order valence-electron chi connectivity index (χ4n) is 2.22. The molecular formula is C12H17N3O3. The van der Waals surface area contributed by atoms with Crippen LogP contribution >= 0.6 is 0 Å². The van der Waals surface area contributed by atoms with E-state index < -0.39 is 5.91 Å². The highest BCUT2D eigenvalue weighted by molar-refractivity contribution is 5.83. The second-order valence-corrected chi connectivity index (χ2v) is 4.39. The van der Waals surface area contributed by atoms with Crippen molar-refractivity contribution < 1.29 is 14.0 Å². The predicted octanol–water partition coefficient (Wildman–Crippen LogP) is -0.155. The molecule has 0 aliphatic carbocycles. The van der Waals surface area contributed by atoms with Gasteiger partial charge < -0.3 is 15.5 Å². The molecule has 18 heavy (non-hydrogen) atoms. The summed E-state index contributed by atoms with van der Waals surface area (Å²) in [5.41, 5.74) is 5.16. The lowest BCUT2D eigenvalue weighted by atomic mass is 10.2. The van der Waals surface area contributed by atoms with Crippen LogP contribution in [0.3, 0.4) is 0 Å². The second kappa shape index (κ2) is 5.68. The van der Waals surface area contributed by atoms with E-state index in [9.17, 15) is 9.59 Å². The summed E-state index contributed by atoms with van der Waals surface area (Å²) in [6.07, 6.45) is 3.24. The largest absolute Gasteiger partial charge is 0.467 e.